The molecule has 12 heavy (non-hydrogen) atoms. The fourth-order valence-electron chi connectivity index (χ4n) is 1.15. The number of aliphatic carboxylic acids is 1. The molecular weight excluding hydrogens is 154 g/mol. The Kier molecular flexibility index (Phi) is 2.63. The maximum atomic E-state index is 10.5. The van der Waals surface area contributed by atoms with E-state index in [0.717, 1.165) is 12.1 Å². The maximum Gasteiger partial charge on any atom is 0.333 e. The lowest BCUT2D eigenvalue weighted by molar-refractivity contribution is -0.132. The molecule has 1 heterocycles. The lowest BCUT2D eigenvalue weighted by atomic mass is 10.1. The van der Waals surface area contributed by atoms with Crippen LogP contribution >= 0.6 is 0 Å². The predicted octanol–water partition coefficient (Wildman–Crippen LogP) is 1.50. The van der Waals surface area contributed by atoms with Crippen molar-refractivity contribution < 1.29 is 9.90 Å². The highest BCUT2D eigenvalue weighted by Gasteiger charge is 2.14. The van der Waals surface area contributed by atoms with Gasteiger partial charge >= 0.3 is 5.97 Å². The SMILES string of the molecule is CC(C)CC1=NCC(C(=O)O)=C1. The van der Waals surface area contributed by atoms with Crippen LogP contribution < -0.4 is 0 Å². The van der Waals surface area contributed by atoms with E-state index in [4.69, 9.17) is 5.11 Å². The van der Waals surface area contributed by atoms with Gasteiger partial charge in [-0.1, -0.05) is 13.8 Å². The molecule has 0 radical (unpaired) electrons. The number of allylic oxidation sites excluding steroid dienone is 1. The number of carbonyl (C=O) groups is 1. The summed E-state index contributed by atoms with van der Waals surface area (Å²) >= 11 is 0. The highest BCUT2D eigenvalue weighted by atomic mass is 16.4. The van der Waals surface area contributed by atoms with Crippen LogP contribution in [0.5, 0.6) is 0 Å². The van der Waals surface area contributed by atoms with E-state index in [2.05, 4.69) is 18.8 Å². The summed E-state index contributed by atoms with van der Waals surface area (Å²) in [7, 11) is 0. The highest BCUT2D eigenvalue weighted by Crippen LogP contribution is 2.11. The van der Waals surface area contributed by atoms with Crippen LogP contribution in [0.1, 0.15) is 20.3 Å². The van der Waals surface area contributed by atoms with Crippen LogP contribution in [0.3, 0.4) is 0 Å². The molecule has 0 fully saturated rings. The maximum absolute atomic E-state index is 10.5. The Morgan fingerprint density at radius 1 is 1.75 bits per heavy atom. The van der Waals surface area contributed by atoms with Crippen LogP contribution in [-0.4, -0.2) is 23.3 Å². The number of rotatable bonds is 3. The van der Waals surface area contributed by atoms with Crippen molar-refractivity contribution in [2.75, 3.05) is 6.54 Å². The van der Waals surface area contributed by atoms with Crippen LogP contribution in [-0.2, 0) is 4.79 Å². The topological polar surface area (TPSA) is 49.7 Å². The van der Waals surface area contributed by atoms with Gasteiger partial charge in [0.2, 0.25) is 0 Å². The Balaban J connectivity index is 2.56. The van der Waals surface area contributed by atoms with E-state index >= 15 is 0 Å². The van der Waals surface area contributed by atoms with E-state index in [1.54, 1.807) is 6.08 Å². The molecule has 0 amide bonds. The van der Waals surface area contributed by atoms with Crippen molar-refractivity contribution in [3.63, 3.8) is 0 Å². The summed E-state index contributed by atoms with van der Waals surface area (Å²) in [6.45, 7) is 4.53. The average molecular weight is 167 g/mol. The van der Waals surface area contributed by atoms with Crippen LogP contribution in [0.2, 0.25) is 0 Å². The van der Waals surface area contributed by atoms with E-state index in [9.17, 15) is 4.79 Å². The van der Waals surface area contributed by atoms with Gasteiger partial charge in [-0.2, -0.15) is 0 Å². The van der Waals surface area contributed by atoms with Gasteiger partial charge in [-0.3, -0.25) is 4.99 Å². The standard InChI is InChI=1S/C9H13NO2/c1-6(2)3-8-4-7(5-10-8)9(11)12/h4,6H,3,5H2,1-2H3,(H,11,12). The summed E-state index contributed by atoms with van der Waals surface area (Å²) in [4.78, 5) is 14.6. The van der Waals surface area contributed by atoms with Gasteiger partial charge in [0.1, 0.15) is 0 Å². The van der Waals surface area contributed by atoms with Gasteiger partial charge in [0.15, 0.2) is 0 Å². The van der Waals surface area contributed by atoms with Crippen molar-refractivity contribution in [2.45, 2.75) is 20.3 Å². The molecule has 0 aromatic carbocycles. The van der Waals surface area contributed by atoms with Crippen molar-refractivity contribution in [3.05, 3.63) is 11.6 Å². The predicted molar refractivity (Wildman–Crippen MR) is 47.5 cm³/mol. The third kappa shape index (κ3) is 2.19. The molecule has 0 spiro atoms. The molecule has 0 saturated heterocycles. The number of carboxylic acid groups (broad SMARTS) is 1. The second kappa shape index (κ2) is 3.52. The smallest absolute Gasteiger partial charge is 0.333 e. The van der Waals surface area contributed by atoms with Crippen molar-refractivity contribution in [1.29, 1.82) is 0 Å². The minimum Gasteiger partial charge on any atom is -0.478 e. The first-order chi connectivity index (χ1) is 5.59. The number of nitrogens with zero attached hydrogens (tertiary/aromatic N) is 1. The van der Waals surface area contributed by atoms with Crippen LogP contribution in [0, 0.1) is 5.92 Å². The summed E-state index contributed by atoms with van der Waals surface area (Å²) in [5, 5.41) is 8.62. The Morgan fingerprint density at radius 2 is 2.42 bits per heavy atom. The Hall–Kier alpha value is -1.12. The first kappa shape index (κ1) is 8.97. The van der Waals surface area contributed by atoms with E-state index in [1.807, 2.05) is 0 Å². The van der Waals surface area contributed by atoms with Gasteiger partial charge in [0.05, 0.1) is 12.1 Å². The normalized spacial score (nSPS) is 16.2. The van der Waals surface area contributed by atoms with E-state index < -0.39 is 5.97 Å². The summed E-state index contributed by atoms with van der Waals surface area (Å²) in [5.41, 5.74) is 1.33. The Labute approximate surface area is 71.8 Å². The molecule has 0 aromatic heterocycles. The summed E-state index contributed by atoms with van der Waals surface area (Å²) in [6.07, 6.45) is 2.55. The second-order valence-corrected chi connectivity index (χ2v) is 3.38. The molecular formula is C9H13NO2. The van der Waals surface area contributed by atoms with Crippen LogP contribution in [0.15, 0.2) is 16.6 Å². The van der Waals surface area contributed by atoms with E-state index in [0.29, 0.717) is 18.0 Å². The zero-order valence-corrected chi connectivity index (χ0v) is 7.37. The minimum absolute atomic E-state index is 0.345. The monoisotopic (exact) mass is 167 g/mol. The molecule has 0 aliphatic carbocycles. The molecule has 0 aromatic rings. The van der Waals surface area contributed by atoms with Gasteiger partial charge in [-0.15, -0.1) is 0 Å². The molecule has 3 heteroatoms. The quantitative estimate of drug-likeness (QED) is 0.692. The molecule has 66 valence electrons. The van der Waals surface area contributed by atoms with Crippen molar-refractivity contribution in [3.8, 4) is 0 Å². The lowest BCUT2D eigenvalue weighted by Gasteiger charge is -2.00. The molecule has 0 bridgehead atoms. The van der Waals surface area contributed by atoms with Gasteiger partial charge in [0.25, 0.3) is 0 Å². The summed E-state index contributed by atoms with van der Waals surface area (Å²) in [6, 6.07) is 0. The lowest BCUT2D eigenvalue weighted by Crippen LogP contribution is -2.01. The zero-order valence-electron chi connectivity index (χ0n) is 7.37. The molecule has 1 rings (SSSR count). The number of hydrogen-bond acceptors (Lipinski definition) is 2. The summed E-state index contributed by atoms with van der Waals surface area (Å²) in [5.74, 6) is -0.314. The van der Waals surface area contributed by atoms with Crippen LogP contribution in [0.25, 0.3) is 0 Å². The van der Waals surface area contributed by atoms with E-state index in [-0.39, 0.29) is 0 Å². The largest absolute Gasteiger partial charge is 0.478 e. The molecule has 0 saturated carbocycles. The molecule has 3 nitrogen and oxygen atoms in total. The van der Waals surface area contributed by atoms with Crippen molar-refractivity contribution in [1.82, 2.24) is 0 Å². The van der Waals surface area contributed by atoms with Crippen LogP contribution in [0.4, 0.5) is 0 Å². The number of carboxylic acids is 1. The third-order valence-corrected chi connectivity index (χ3v) is 1.69. The Bertz CT molecular complexity index is 251. The first-order valence-corrected chi connectivity index (χ1v) is 4.06. The van der Waals surface area contributed by atoms with Crippen molar-refractivity contribution in [2.24, 2.45) is 10.9 Å². The molecule has 1 aliphatic rings. The van der Waals surface area contributed by atoms with Gasteiger partial charge in [-0.25, -0.2) is 4.79 Å². The highest BCUT2D eigenvalue weighted by molar-refractivity contribution is 6.04. The molecule has 1 N–H and O–H groups in total. The van der Waals surface area contributed by atoms with Crippen molar-refractivity contribution >= 4 is 11.7 Å². The zero-order chi connectivity index (χ0) is 9.14. The molecule has 0 atom stereocenters. The number of hydrogen-bond donors (Lipinski definition) is 1. The number of aliphatic imine (C=N–C) groups is 1. The van der Waals surface area contributed by atoms with Gasteiger partial charge in [0, 0.05) is 5.71 Å². The Morgan fingerprint density at radius 3 is 2.83 bits per heavy atom. The summed E-state index contributed by atoms with van der Waals surface area (Å²) < 4.78 is 0. The molecule has 1 aliphatic heterocycles. The minimum atomic E-state index is -0.850. The van der Waals surface area contributed by atoms with Gasteiger partial charge < -0.3 is 5.11 Å². The second-order valence-electron chi connectivity index (χ2n) is 3.38. The van der Waals surface area contributed by atoms with E-state index in [1.165, 1.54) is 0 Å². The average Bonchev–Trinajstić information content (AvgIpc) is 2.34. The fourth-order valence-corrected chi connectivity index (χ4v) is 1.15. The first-order valence-electron chi connectivity index (χ1n) is 4.06. The fraction of sp³-hybridized carbons (Fsp3) is 0.556. The van der Waals surface area contributed by atoms with Gasteiger partial charge in [-0.05, 0) is 18.4 Å². The third-order valence-electron chi connectivity index (χ3n) is 1.69. The molecule has 0 unspecified atom stereocenters.